The Labute approximate surface area is 129 Å². The zero-order valence-corrected chi connectivity index (χ0v) is 12.7. The van der Waals surface area contributed by atoms with Gasteiger partial charge in [-0.05, 0) is 43.4 Å². The van der Waals surface area contributed by atoms with E-state index in [1.54, 1.807) is 0 Å². The molecule has 0 saturated heterocycles. The summed E-state index contributed by atoms with van der Waals surface area (Å²) in [6.45, 7) is 0. The average Bonchev–Trinajstić information content (AvgIpc) is 2.77. The van der Waals surface area contributed by atoms with Gasteiger partial charge in [0.25, 0.3) is 5.69 Å². The van der Waals surface area contributed by atoms with Gasteiger partial charge in [0.05, 0.1) is 10.4 Å². The highest BCUT2D eigenvalue weighted by atomic mass is 79.9. The number of fused-ring (bicyclic) bond motifs is 1. The van der Waals surface area contributed by atoms with E-state index in [4.69, 9.17) is 5.73 Å². The number of pyridine rings is 1. The lowest BCUT2D eigenvalue weighted by molar-refractivity contribution is -0.385. The van der Waals surface area contributed by atoms with Crippen LogP contribution in [0.3, 0.4) is 0 Å². The molecule has 21 heavy (non-hydrogen) atoms. The Morgan fingerprint density at radius 3 is 2.90 bits per heavy atom. The van der Waals surface area contributed by atoms with Crippen LogP contribution in [0.5, 0.6) is 0 Å². The maximum Gasteiger partial charge on any atom is 0.291 e. The molecule has 0 bridgehead atoms. The smallest absolute Gasteiger partial charge is 0.291 e. The molecule has 1 aromatic heterocycles. The Kier molecular flexibility index (Phi) is 3.43. The minimum absolute atomic E-state index is 0.0108. The number of nitrogens with zero attached hydrogens (tertiary/aromatic N) is 2. The Morgan fingerprint density at radius 2 is 2.29 bits per heavy atom. The first kappa shape index (κ1) is 14.4. The number of aromatic nitrogens is 1. The molecule has 1 heterocycles. The molecule has 7 heteroatoms. The molecule has 2 aromatic rings. The van der Waals surface area contributed by atoms with Crippen molar-refractivity contribution in [2.24, 2.45) is 5.73 Å². The van der Waals surface area contributed by atoms with Crippen LogP contribution in [0.1, 0.15) is 30.7 Å². The van der Waals surface area contributed by atoms with Gasteiger partial charge >= 0.3 is 0 Å². The number of nitro groups is 1. The predicted molar refractivity (Wildman–Crippen MR) is 81.8 cm³/mol. The van der Waals surface area contributed by atoms with Crippen LogP contribution in [0.4, 0.5) is 5.69 Å². The third-order valence-corrected chi connectivity index (χ3v) is 4.47. The number of nitrogens with two attached hydrogens (primary N) is 1. The summed E-state index contributed by atoms with van der Waals surface area (Å²) in [5, 5.41) is 22.0. The summed E-state index contributed by atoms with van der Waals surface area (Å²) < 4.78 is 0.833. The van der Waals surface area contributed by atoms with Crippen LogP contribution in [0.15, 0.2) is 28.9 Å². The van der Waals surface area contributed by atoms with Crippen molar-refractivity contribution >= 4 is 32.5 Å². The summed E-state index contributed by atoms with van der Waals surface area (Å²) in [6.07, 6.45) is 2.67. The van der Waals surface area contributed by atoms with Crippen molar-refractivity contribution in [3.05, 3.63) is 44.5 Å². The standard InChI is InChI=1S/C14H14BrN3O3/c15-9-1-2-11-10(5-9)13(12(7-17-11)18(20)21)8-3-4-14(16,19)6-8/h1-2,5,7-8,19H,3-4,6,16H2. The highest BCUT2D eigenvalue weighted by Gasteiger charge is 2.38. The molecule has 0 amide bonds. The molecule has 1 saturated carbocycles. The van der Waals surface area contributed by atoms with Crippen LogP contribution in [0.2, 0.25) is 0 Å². The number of rotatable bonds is 2. The lowest BCUT2D eigenvalue weighted by Crippen LogP contribution is -2.35. The molecule has 0 spiro atoms. The monoisotopic (exact) mass is 351 g/mol. The van der Waals surface area contributed by atoms with Crippen LogP contribution in [0.25, 0.3) is 10.9 Å². The van der Waals surface area contributed by atoms with Gasteiger partial charge in [-0.25, -0.2) is 4.98 Å². The molecule has 6 nitrogen and oxygen atoms in total. The zero-order valence-electron chi connectivity index (χ0n) is 11.1. The van der Waals surface area contributed by atoms with E-state index in [2.05, 4.69) is 20.9 Å². The molecular weight excluding hydrogens is 338 g/mol. The van der Waals surface area contributed by atoms with E-state index in [0.29, 0.717) is 30.3 Å². The summed E-state index contributed by atoms with van der Waals surface area (Å²) in [4.78, 5) is 15.1. The van der Waals surface area contributed by atoms with Crippen LogP contribution in [0, 0.1) is 10.1 Å². The average molecular weight is 352 g/mol. The zero-order chi connectivity index (χ0) is 15.2. The van der Waals surface area contributed by atoms with Crippen molar-refractivity contribution in [2.75, 3.05) is 0 Å². The molecule has 0 aliphatic heterocycles. The first-order valence-corrected chi connectivity index (χ1v) is 7.40. The van der Waals surface area contributed by atoms with Gasteiger partial charge in [0.2, 0.25) is 0 Å². The molecule has 3 N–H and O–H groups in total. The number of halogens is 1. The fourth-order valence-electron chi connectivity index (χ4n) is 3.05. The highest BCUT2D eigenvalue weighted by molar-refractivity contribution is 9.10. The van der Waals surface area contributed by atoms with E-state index in [1.165, 1.54) is 6.20 Å². The van der Waals surface area contributed by atoms with Crippen LogP contribution in [-0.2, 0) is 0 Å². The van der Waals surface area contributed by atoms with E-state index in [-0.39, 0.29) is 11.6 Å². The summed E-state index contributed by atoms with van der Waals surface area (Å²) >= 11 is 3.39. The second kappa shape index (κ2) is 5.01. The van der Waals surface area contributed by atoms with Crippen molar-refractivity contribution in [1.29, 1.82) is 0 Å². The van der Waals surface area contributed by atoms with Crippen LogP contribution < -0.4 is 5.73 Å². The van der Waals surface area contributed by atoms with E-state index < -0.39 is 10.6 Å². The lowest BCUT2D eigenvalue weighted by Gasteiger charge is -2.17. The molecule has 3 rings (SSSR count). The van der Waals surface area contributed by atoms with Gasteiger partial charge in [0.1, 0.15) is 11.9 Å². The van der Waals surface area contributed by atoms with E-state index in [1.807, 2.05) is 18.2 Å². The number of benzene rings is 1. The Hall–Kier alpha value is -1.57. The fourth-order valence-corrected chi connectivity index (χ4v) is 3.41. The maximum atomic E-state index is 11.3. The molecule has 2 unspecified atom stereocenters. The maximum absolute atomic E-state index is 11.3. The lowest BCUT2D eigenvalue weighted by atomic mass is 9.92. The summed E-state index contributed by atoms with van der Waals surface area (Å²) in [5.41, 5.74) is 5.82. The van der Waals surface area contributed by atoms with Gasteiger partial charge in [0, 0.05) is 15.4 Å². The summed E-state index contributed by atoms with van der Waals surface area (Å²) in [5.74, 6) is -0.139. The number of hydrogen-bond donors (Lipinski definition) is 2. The van der Waals surface area contributed by atoms with E-state index in [0.717, 1.165) is 9.86 Å². The first-order chi connectivity index (χ1) is 9.87. The molecule has 0 radical (unpaired) electrons. The summed E-state index contributed by atoms with van der Waals surface area (Å²) in [7, 11) is 0. The van der Waals surface area contributed by atoms with E-state index >= 15 is 0 Å². The molecule has 1 aliphatic rings. The Morgan fingerprint density at radius 1 is 1.52 bits per heavy atom. The van der Waals surface area contributed by atoms with E-state index in [9.17, 15) is 15.2 Å². The van der Waals surface area contributed by atoms with Gasteiger partial charge in [-0.1, -0.05) is 15.9 Å². The summed E-state index contributed by atoms with van der Waals surface area (Å²) in [6, 6.07) is 5.49. The molecule has 1 aromatic carbocycles. The van der Waals surface area contributed by atoms with Gasteiger partial charge in [-0.3, -0.25) is 10.1 Å². The van der Waals surface area contributed by atoms with Crippen molar-refractivity contribution < 1.29 is 10.0 Å². The topological polar surface area (TPSA) is 102 Å². The van der Waals surface area contributed by atoms with Crippen molar-refractivity contribution in [1.82, 2.24) is 4.98 Å². The molecule has 110 valence electrons. The Balaban J connectivity index is 2.24. The van der Waals surface area contributed by atoms with Gasteiger partial charge in [0.15, 0.2) is 0 Å². The molecule has 2 atom stereocenters. The van der Waals surface area contributed by atoms with Crippen molar-refractivity contribution in [3.63, 3.8) is 0 Å². The van der Waals surface area contributed by atoms with Gasteiger partial charge < -0.3 is 10.8 Å². The second-order valence-corrected chi connectivity index (χ2v) is 6.43. The third kappa shape index (κ3) is 2.64. The van der Waals surface area contributed by atoms with Crippen molar-refractivity contribution in [3.8, 4) is 0 Å². The van der Waals surface area contributed by atoms with Crippen molar-refractivity contribution in [2.45, 2.75) is 30.9 Å². The quantitative estimate of drug-likeness (QED) is 0.492. The Bertz CT molecular complexity index is 733. The minimum Gasteiger partial charge on any atom is -0.376 e. The van der Waals surface area contributed by atoms with Gasteiger partial charge in [-0.15, -0.1) is 0 Å². The fraction of sp³-hybridized carbons (Fsp3) is 0.357. The van der Waals surface area contributed by atoms with Crippen LogP contribution in [-0.4, -0.2) is 20.7 Å². The number of hydrogen-bond acceptors (Lipinski definition) is 5. The third-order valence-electron chi connectivity index (χ3n) is 3.98. The number of aliphatic hydroxyl groups is 1. The molecule has 1 fully saturated rings. The SMILES string of the molecule is NC1(O)CCC(c2c([N+](=O)[O-])cnc3ccc(Br)cc23)C1. The first-order valence-electron chi connectivity index (χ1n) is 6.61. The highest BCUT2D eigenvalue weighted by Crippen LogP contribution is 2.44. The largest absolute Gasteiger partial charge is 0.376 e. The normalized spacial score (nSPS) is 25.4. The van der Waals surface area contributed by atoms with Gasteiger partial charge in [-0.2, -0.15) is 0 Å². The second-order valence-electron chi connectivity index (χ2n) is 5.52. The van der Waals surface area contributed by atoms with Crippen LogP contribution >= 0.6 is 15.9 Å². The minimum atomic E-state index is -1.25. The molecular formula is C14H14BrN3O3. The molecule has 1 aliphatic carbocycles. The predicted octanol–water partition coefficient (Wildman–Crippen LogP) is 2.82.